The molecule has 3 nitrogen and oxygen atoms in total. The third kappa shape index (κ3) is 3.77. The van der Waals surface area contributed by atoms with Crippen molar-refractivity contribution in [1.82, 2.24) is 10.2 Å². The molecule has 1 amide bonds. The number of carbonyl (C=O) groups is 1. The van der Waals surface area contributed by atoms with Gasteiger partial charge in [-0.3, -0.25) is 9.69 Å². The highest BCUT2D eigenvalue weighted by molar-refractivity contribution is 5.72. The zero-order valence-corrected chi connectivity index (χ0v) is 7.97. The molecular formula is C10H22N2O. The summed E-state index contributed by atoms with van der Waals surface area (Å²) in [6, 6.07) is 0.582. The zero-order chi connectivity index (χ0) is 8.97. The first-order chi connectivity index (χ1) is 5.74. The molecular weight excluding hydrogens is 164 g/mol. The molecule has 78 valence electrons. The molecule has 1 aliphatic heterocycles. The fourth-order valence-corrected chi connectivity index (χ4v) is 1.80. The maximum Gasteiger partial charge on any atom is 0.216 e. The first kappa shape index (κ1) is 12.4. The SMILES string of the molecule is C.CCN1CCCC1CNC(C)=O. The van der Waals surface area contributed by atoms with Crippen molar-refractivity contribution in [1.29, 1.82) is 0 Å². The predicted molar refractivity (Wildman–Crippen MR) is 55.7 cm³/mol. The standard InChI is InChI=1S/C9H18N2O.CH4/c1-3-11-6-4-5-9(11)7-10-8(2)12;/h9H,3-7H2,1-2H3,(H,10,12);1H4. The van der Waals surface area contributed by atoms with Gasteiger partial charge in [-0.2, -0.15) is 0 Å². The monoisotopic (exact) mass is 186 g/mol. The minimum atomic E-state index is 0. The lowest BCUT2D eigenvalue weighted by Gasteiger charge is -2.22. The highest BCUT2D eigenvalue weighted by Crippen LogP contribution is 2.15. The van der Waals surface area contributed by atoms with Gasteiger partial charge in [0.2, 0.25) is 5.91 Å². The van der Waals surface area contributed by atoms with E-state index in [0.29, 0.717) is 6.04 Å². The summed E-state index contributed by atoms with van der Waals surface area (Å²) in [4.78, 5) is 13.1. The van der Waals surface area contributed by atoms with E-state index in [1.54, 1.807) is 6.92 Å². The number of nitrogens with one attached hydrogen (secondary N) is 1. The average Bonchev–Trinajstić information content (AvgIpc) is 2.47. The van der Waals surface area contributed by atoms with Gasteiger partial charge in [-0.15, -0.1) is 0 Å². The van der Waals surface area contributed by atoms with Crippen LogP contribution in [-0.4, -0.2) is 36.5 Å². The summed E-state index contributed by atoms with van der Waals surface area (Å²) >= 11 is 0. The van der Waals surface area contributed by atoms with Gasteiger partial charge in [-0.25, -0.2) is 0 Å². The molecule has 0 aromatic carbocycles. The molecule has 1 atom stereocenters. The molecule has 0 radical (unpaired) electrons. The first-order valence-corrected chi connectivity index (χ1v) is 4.72. The van der Waals surface area contributed by atoms with Gasteiger partial charge in [0, 0.05) is 19.5 Å². The van der Waals surface area contributed by atoms with Crippen LogP contribution >= 0.6 is 0 Å². The maximum absolute atomic E-state index is 10.7. The third-order valence-electron chi connectivity index (χ3n) is 2.49. The van der Waals surface area contributed by atoms with E-state index in [1.807, 2.05) is 0 Å². The van der Waals surface area contributed by atoms with Crippen molar-refractivity contribution in [2.75, 3.05) is 19.6 Å². The minimum absolute atomic E-state index is 0. The predicted octanol–water partition coefficient (Wildman–Crippen LogP) is 1.24. The van der Waals surface area contributed by atoms with Crippen molar-refractivity contribution in [3.8, 4) is 0 Å². The lowest BCUT2D eigenvalue weighted by atomic mass is 10.2. The fraction of sp³-hybridized carbons (Fsp3) is 0.900. The molecule has 1 heterocycles. The summed E-state index contributed by atoms with van der Waals surface area (Å²) in [7, 11) is 0. The molecule has 0 aliphatic carbocycles. The molecule has 1 saturated heterocycles. The molecule has 1 fully saturated rings. The summed E-state index contributed by atoms with van der Waals surface area (Å²) in [5.41, 5.74) is 0. The van der Waals surface area contributed by atoms with Crippen LogP contribution in [0.25, 0.3) is 0 Å². The van der Waals surface area contributed by atoms with Crippen LogP contribution in [0.2, 0.25) is 0 Å². The molecule has 0 aromatic rings. The van der Waals surface area contributed by atoms with Crippen LogP contribution in [0.15, 0.2) is 0 Å². The summed E-state index contributed by atoms with van der Waals surface area (Å²) in [5, 5.41) is 2.87. The van der Waals surface area contributed by atoms with Crippen LogP contribution in [-0.2, 0) is 4.79 Å². The van der Waals surface area contributed by atoms with Gasteiger partial charge in [-0.05, 0) is 25.9 Å². The van der Waals surface area contributed by atoms with E-state index < -0.39 is 0 Å². The number of likely N-dealkylation sites (N-methyl/N-ethyl adjacent to an activating group) is 1. The molecule has 1 unspecified atom stereocenters. The highest BCUT2D eigenvalue weighted by atomic mass is 16.1. The summed E-state index contributed by atoms with van der Waals surface area (Å²) in [6.07, 6.45) is 2.51. The van der Waals surface area contributed by atoms with Crippen molar-refractivity contribution >= 4 is 5.91 Å². The average molecular weight is 186 g/mol. The van der Waals surface area contributed by atoms with E-state index in [1.165, 1.54) is 19.4 Å². The lowest BCUT2D eigenvalue weighted by Crippen LogP contribution is -2.39. The van der Waals surface area contributed by atoms with Crippen LogP contribution in [0.1, 0.15) is 34.1 Å². The minimum Gasteiger partial charge on any atom is -0.355 e. The van der Waals surface area contributed by atoms with Crippen molar-refractivity contribution in [2.45, 2.75) is 40.2 Å². The van der Waals surface area contributed by atoms with Crippen molar-refractivity contribution in [2.24, 2.45) is 0 Å². The van der Waals surface area contributed by atoms with Crippen molar-refractivity contribution < 1.29 is 4.79 Å². The number of carbonyl (C=O) groups excluding carboxylic acids is 1. The Morgan fingerprint density at radius 1 is 1.62 bits per heavy atom. The van der Waals surface area contributed by atoms with Crippen LogP contribution in [0.3, 0.4) is 0 Å². The number of hydrogen-bond acceptors (Lipinski definition) is 2. The molecule has 0 spiro atoms. The first-order valence-electron chi connectivity index (χ1n) is 4.72. The van der Waals surface area contributed by atoms with Crippen LogP contribution in [0.5, 0.6) is 0 Å². The Morgan fingerprint density at radius 2 is 2.31 bits per heavy atom. The van der Waals surface area contributed by atoms with E-state index in [0.717, 1.165) is 13.1 Å². The Kier molecular flexibility index (Phi) is 5.71. The molecule has 0 saturated carbocycles. The second-order valence-corrected chi connectivity index (χ2v) is 3.36. The molecule has 1 rings (SSSR count). The third-order valence-corrected chi connectivity index (χ3v) is 2.49. The smallest absolute Gasteiger partial charge is 0.216 e. The number of likely N-dealkylation sites (tertiary alicyclic amines) is 1. The highest BCUT2D eigenvalue weighted by Gasteiger charge is 2.22. The van der Waals surface area contributed by atoms with Crippen LogP contribution in [0.4, 0.5) is 0 Å². The van der Waals surface area contributed by atoms with E-state index in [9.17, 15) is 4.79 Å². The Hall–Kier alpha value is -0.570. The fourth-order valence-electron chi connectivity index (χ4n) is 1.80. The molecule has 0 bridgehead atoms. The van der Waals surface area contributed by atoms with E-state index in [4.69, 9.17) is 0 Å². The zero-order valence-electron chi connectivity index (χ0n) is 7.97. The van der Waals surface area contributed by atoms with Gasteiger partial charge in [0.1, 0.15) is 0 Å². The van der Waals surface area contributed by atoms with E-state index >= 15 is 0 Å². The van der Waals surface area contributed by atoms with Crippen molar-refractivity contribution in [3.05, 3.63) is 0 Å². The quantitative estimate of drug-likeness (QED) is 0.719. The Labute approximate surface area is 81.5 Å². The van der Waals surface area contributed by atoms with Gasteiger partial charge in [0.05, 0.1) is 0 Å². The Bertz CT molecular complexity index is 159. The lowest BCUT2D eigenvalue weighted by molar-refractivity contribution is -0.119. The maximum atomic E-state index is 10.7. The molecule has 13 heavy (non-hydrogen) atoms. The van der Waals surface area contributed by atoms with Gasteiger partial charge in [0.25, 0.3) is 0 Å². The van der Waals surface area contributed by atoms with Gasteiger partial charge >= 0.3 is 0 Å². The van der Waals surface area contributed by atoms with Crippen LogP contribution in [0, 0.1) is 0 Å². The summed E-state index contributed by atoms with van der Waals surface area (Å²) in [5.74, 6) is 0.0814. The number of hydrogen-bond donors (Lipinski definition) is 1. The van der Waals surface area contributed by atoms with Crippen molar-refractivity contribution in [3.63, 3.8) is 0 Å². The normalized spacial score (nSPS) is 22.5. The second-order valence-electron chi connectivity index (χ2n) is 3.36. The topological polar surface area (TPSA) is 32.3 Å². The summed E-state index contributed by atoms with van der Waals surface area (Å²) in [6.45, 7) is 6.87. The molecule has 1 N–H and O–H groups in total. The molecule has 0 aromatic heterocycles. The molecule has 1 aliphatic rings. The van der Waals surface area contributed by atoms with E-state index in [-0.39, 0.29) is 13.3 Å². The van der Waals surface area contributed by atoms with Gasteiger partial charge in [-0.1, -0.05) is 14.4 Å². The largest absolute Gasteiger partial charge is 0.355 e. The summed E-state index contributed by atoms with van der Waals surface area (Å²) < 4.78 is 0. The van der Waals surface area contributed by atoms with E-state index in [2.05, 4.69) is 17.1 Å². The Balaban J connectivity index is 0.00000144. The second kappa shape index (κ2) is 5.97. The molecule has 3 heteroatoms. The number of rotatable bonds is 3. The number of nitrogens with zero attached hydrogens (tertiary/aromatic N) is 1. The number of amides is 1. The van der Waals surface area contributed by atoms with Gasteiger partial charge in [0.15, 0.2) is 0 Å². The van der Waals surface area contributed by atoms with Gasteiger partial charge < -0.3 is 5.32 Å². The Morgan fingerprint density at radius 3 is 2.85 bits per heavy atom. The van der Waals surface area contributed by atoms with Crippen LogP contribution < -0.4 is 5.32 Å².